The number of likely N-dealkylation sites (tertiary alicyclic amines) is 1. The Hall–Kier alpha value is -1.54. The molecule has 29 heavy (non-hydrogen) atoms. The molecular formula is C22H29N5S2. The van der Waals surface area contributed by atoms with Crippen molar-refractivity contribution in [3.63, 3.8) is 0 Å². The molecule has 5 rings (SSSR count). The lowest BCUT2D eigenvalue weighted by molar-refractivity contribution is 0.251. The number of rotatable bonds is 5. The van der Waals surface area contributed by atoms with E-state index in [1.54, 1.807) is 0 Å². The maximum Gasteiger partial charge on any atom is 0.146 e. The van der Waals surface area contributed by atoms with Crippen molar-refractivity contribution in [1.82, 2.24) is 19.8 Å². The molecule has 0 N–H and O–H groups in total. The molecule has 0 amide bonds. The first kappa shape index (κ1) is 19.4. The molecule has 0 aromatic carbocycles. The number of piperazine rings is 1. The molecule has 0 spiro atoms. The molecular weight excluding hydrogens is 398 g/mol. The van der Waals surface area contributed by atoms with E-state index in [-0.39, 0.29) is 0 Å². The van der Waals surface area contributed by atoms with Crippen LogP contribution in [0, 0.1) is 13.8 Å². The van der Waals surface area contributed by atoms with Gasteiger partial charge in [0.2, 0.25) is 0 Å². The molecule has 154 valence electrons. The summed E-state index contributed by atoms with van der Waals surface area (Å²) in [7, 11) is 0. The van der Waals surface area contributed by atoms with Gasteiger partial charge in [-0.25, -0.2) is 9.97 Å². The van der Waals surface area contributed by atoms with E-state index >= 15 is 0 Å². The van der Waals surface area contributed by atoms with E-state index in [1.165, 1.54) is 57.3 Å². The lowest BCUT2D eigenvalue weighted by Gasteiger charge is -2.35. The Morgan fingerprint density at radius 3 is 2.41 bits per heavy atom. The fraction of sp³-hybridized carbons (Fsp3) is 0.545. The molecule has 5 nitrogen and oxygen atoms in total. The Morgan fingerprint density at radius 2 is 1.69 bits per heavy atom. The highest BCUT2D eigenvalue weighted by Gasteiger charge is 2.24. The second-order valence-electron chi connectivity index (χ2n) is 8.25. The van der Waals surface area contributed by atoms with E-state index in [1.807, 2.05) is 22.7 Å². The van der Waals surface area contributed by atoms with Crippen LogP contribution in [-0.4, -0.2) is 59.0 Å². The quantitative estimate of drug-likeness (QED) is 0.607. The third kappa shape index (κ3) is 4.06. The van der Waals surface area contributed by atoms with E-state index in [2.05, 4.69) is 46.1 Å². The van der Waals surface area contributed by atoms with E-state index in [0.29, 0.717) is 0 Å². The highest BCUT2D eigenvalue weighted by atomic mass is 32.1. The van der Waals surface area contributed by atoms with E-state index in [4.69, 9.17) is 9.97 Å². The van der Waals surface area contributed by atoms with Crippen LogP contribution in [0.1, 0.15) is 34.0 Å². The summed E-state index contributed by atoms with van der Waals surface area (Å²) in [5.74, 6) is 2.17. The van der Waals surface area contributed by atoms with Crippen LogP contribution in [0.4, 0.5) is 5.82 Å². The van der Waals surface area contributed by atoms with Crippen LogP contribution < -0.4 is 4.90 Å². The topological polar surface area (TPSA) is 35.5 Å². The Balaban J connectivity index is 1.39. The zero-order chi connectivity index (χ0) is 19.8. The van der Waals surface area contributed by atoms with Crippen molar-refractivity contribution in [2.45, 2.75) is 39.8 Å². The molecule has 7 heteroatoms. The third-order valence-corrected chi connectivity index (χ3v) is 8.21. The number of aromatic nitrogens is 2. The summed E-state index contributed by atoms with van der Waals surface area (Å²) in [5, 5.41) is 3.46. The molecule has 0 unspecified atom stereocenters. The largest absolute Gasteiger partial charge is 0.353 e. The summed E-state index contributed by atoms with van der Waals surface area (Å²) < 4.78 is 0. The maximum atomic E-state index is 5.13. The summed E-state index contributed by atoms with van der Waals surface area (Å²) in [6.45, 7) is 13.0. The maximum absolute atomic E-state index is 5.13. The molecule has 0 saturated carbocycles. The van der Waals surface area contributed by atoms with Crippen molar-refractivity contribution in [1.29, 1.82) is 0 Å². The van der Waals surface area contributed by atoms with Gasteiger partial charge in [-0.1, -0.05) is 6.07 Å². The summed E-state index contributed by atoms with van der Waals surface area (Å²) >= 11 is 3.69. The standard InChI is InChI=1S/C22H29N5S2/c1-16-17(2)29-22-20(16)21(23-19(24-22)15-25-7-3-4-8-25)27-11-9-26(10-12-27)14-18-6-5-13-28-18/h5-6,13H,3-4,7-12,14-15H2,1-2H3. The SMILES string of the molecule is Cc1sc2nc(CN3CCCC3)nc(N3CCN(Cc4cccs4)CC3)c2c1C. The summed E-state index contributed by atoms with van der Waals surface area (Å²) in [4.78, 5) is 21.7. The van der Waals surface area contributed by atoms with Crippen LogP contribution >= 0.6 is 22.7 Å². The monoisotopic (exact) mass is 427 g/mol. The molecule has 0 atom stereocenters. The van der Waals surface area contributed by atoms with Gasteiger partial charge in [0.05, 0.1) is 11.9 Å². The molecule has 0 bridgehead atoms. The van der Waals surface area contributed by atoms with Crippen LogP contribution in [0.5, 0.6) is 0 Å². The van der Waals surface area contributed by atoms with Crippen LogP contribution in [0.2, 0.25) is 0 Å². The minimum Gasteiger partial charge on any atom is -0.353 e. The first-order chi connectivity index (χ1) is 14.2. The van der Waals surface area contributed by atoms with Crippen LogP contribution in [0.3, 0.4) is 0 Å². The van der Waals surface area contributed by atoms with Crippen molar-refractivity contribution >= 4 is 38.7 Å². The number of thiophene rings is 2. The molecule has 2 fully saturated rings. The Labute approximate surface area is 181 Å². The normalized spacial score (nSPS) is 18.9. The number of fused-ring (bicyclic) bond motifs is 1. The minimum atomic E-state index is 0.886. The lowest BCUT2D eigenvalue weighted by atomic mass is 10.2. The number of aryl methyl sites for hydroxylation is 2. The van der Waals surface area contributed by atoms with Gasteiger partial charge in [-0.3, -0.25) is 9.80 Å². The molecule has 3 aromatic heterocycles. The van der Waals surface area contributed by atoms with Crippen molar-refractivity contribution in [3.05, 3.63) is 38.7 Å². The molecule has 2 saturated heterocycles. The van der Waals surface area contributed by atoms with E-state index in [0.717, 1.165) is 45.1 Å². The summed E-state index contributed by atoms with van der Waals surface area (Å²) in [5.41, 5.74) is 1.36. The summed E-state index contributed by atoms with van der Waals surface area (Å²) in [6.07, 6.45) is 2.61. The van der Waals surface area contributed by atoms with Gasteiger partial charge >= 0.3 is 0 Å². The number of anilines is 1. The summed E-state index contributed by atoms with van der Waals surface area (Å²) in [6, 6.07) is 4.39. The average molecular weight is 428 g/mol. The van der Waals surface area contributed by atoms with Crippen molar-refractivity contribution < 1.29 is 0 Å². The molecule has 0 radical (unpaired) electrons. The minimum absolute atomic E-state index is 0.886. The van der Waals surface area contributed by atoms with Gasteiger partial charge < -0.3 is 4.90 Å². The van der Waals surface area contributed by atoms with Crippen LogP contribution in [0.15, 0.2) is 17.5 Å². The second-order valence-corrected chi connectivity index (χ2v) is 10.5. The fourth-order valence-electron chi connectivity index (χ4n) is 4.45. The third-order valence-electron chi connectivity index (χ3n) is 6.25. The van der Waals surface area contributed by atoms with Crippen molar-refractivity contribution in [2.24, 2.45) is 0 Å². The number of nitrogens with zero attached hydrogens (tertiary/aromatic N) is 5. The second kappa shape index (κ2) is 8.30. The average Bonchev–Trinajstić information content (AvgIpc) is 3.46. The molecule has 0 aliphatic carbocycles. The zero-order valence-corrected chi connectivity index (χ0v) is 19.0. The van der Waals surface area contributed by atoms with Gasteiger partial charge in [0.25, 0.3) is 0 Å². The molecule has 2 aliphatic rings. The lowest BCUT2D eigenvalue weighted by Crippen LogP contribution is -2.46. The van der Waals surface area contributed by atoms with Gasteiger partial charge in [0.1, 0.15) is 16.5 Å². The van der Waals surface area contributed by atoms with Gasteiger partial charge in [-0.05, 0) is 56.8 Å². The van der Waals surface area contributed by atoms with Crippen molar-refractivity contribution in [3.8, 4) is 0 Å². The first-order valence-electron chi connectivity index (χ1n) is 10.7. The van der Waals surface area contributed by atoms with Gasteiger partial charge in [-0.2, -0.15) is 0 Å². The van der Waals surface area contributed by atoms with E-state index < -0.39 is 0 Å². The van der Waals surface area contributed by atoms with Gasteiger partial charge in [-0.15, -0.1) is 22.7 Å². The smallest absolute Gasteiger partial charge is 0.146 e. The van der Waals surface area contributed by atoms with Gasteiger partial charge in [0, 0.05) is 42.5 Å². The number of hydrogen-bond acceptors (Lipinski definition) is 7. The Morgan fingerprint density at radius 1 is 0.931 bits per heavy atom. The predicted octanol–water partition coefficient (Wildman–Crippen LogP) is 4.29. The molecule has 3 aromatic rings. The highest BCUT2D eigenvalue weighted by Crippen LogP contribution is 2.35. The molecule has 2 aliphatic heterocycles. The molecule has 5 heterocycles. The van der Waals surface area contributed by atoms with Gasteiger partial charge in [0.15, 0.2) is 0 Å². The number of hydrogen-bond donors (Lipinski definition) is 0. The first-order valence-corrected chi connectivity index (χ1v) is 12.4. The van der Waals surface area contributed by atoms with Crippen molar-refractivity contribution in [2.75, 3.05) is 44.2 Å². The Bertz CT molecular complexity index is 967. The Kier molecular flexibility index (Phi) is 5.56. The fourth-order valence-corrected chi connectivity index (χ4v) is 6.24. The predicted molar refractivity (Wildman–Crippen MR) is 123 cm³/mol. The van der Waals surface area contributed by atoms with Crippen LogP contribution in [0.25, 0.3) is 10.2 Å². The highest BCUT2D eigenvalue weighted by molar-refractivity contribution is 7.18. The van der Waals surface area contributed by atoms with Crippen LogP contribution in [-0.2, 0) is 13.1 Å². The van der Waals surface area contributed by atoms with E-state index in [9.17, 15) is 0 Å². The zero-order valence-electron chi connectivity index (χ0n) is 17.4.